The molecule has 2 aromatic rings. The van der Waals surface area contributed by atoms with Gasteiger partial charge in [0.1, 0.15) is 5.76 Å². The molecule has 0 atom stereocenters. The Balaban J connectivity index is 1.69. The van der Waals surface area contributed by atoms with Gasteiger partial charge in [-0.3, -0.25) is 4.79 Å². The van der Waals surface area contributed by atoms with E-state index in [1.54, 1.807) is 13.4 Å². The first kappa shape index (κ1) is 15.8. The number of carbonyl (C=O) groups is 1. The lowest BCUT2D eigenvalue weighted by Crippen LogP contribution is -2.28. The van der Waals surface area contributed by atoms with E-state index in [1.807, 2.05) is 12.1 Å². The SMILES string of the molecule is COCCNC(=O)CSc1nnc(NCc2ccco2)s1. The van der Waals surface area contributed by atoms with Crippen LogP contribution in [-0.4, -0.2) is 42.1 Å². The molecule has 0 radical (unpaired) electrons. The number of anilines is 1. The zero-order valence-electron chi connectivity index (χ0n) is 11.5. The third kappa shape index (κ3) is 5.74. The second-order valence-corrected chi connectivity index (χ2v) is 6.14. The topological polar surface area (TPSA) is 89.3 Å². The molecule has 114 valence electrons. The Hall–Kier alpha value is -1.58. The third-order valence-corrected chi connectivity index (χ3v) is 4.37. The number of amides is 1. The minimum absolute atomic E-state index is 0.0441. The van der Waals surface area contributed by atoms with Gasteiger partial charge in [0.2, 0.25) is 11.0 Å². The van der Waals surface area contributed by atoms with Gasteiger partial charge in [-0.1, -0.05) is 23.1 Å². The zero-order chi connectivity index (χ0) is 14.9. The first-order valence-electron chi connectivity index (χ1n) is 6.26. The Morgan fingerprint density at radius 2 is 2.43 bits per heavy atom. The van der Waals surface area contributed by atoms with Crippen LogP contribution in [0, 0.1) is 0 Å². The minimum atomic E-state index is -0.0441. The summed E-state index contributed by atoms with van der Waals surface area (Å²) in [5, 5.41) is 14.6. The van der Waals surface area contributed by atoms with Gasteiger partial charge in [0.05, 0.1) is 25.2 Å². The van der Waals surface area contributed by atoms with Crippen LogP contribution in [-0.2, 0) is 16.1 Å². The molecule has 0 aliphatic carbocycles. The first-order chi connectivity index (χ1) is 10.3. The summed E-state index contributed by atoms with van der Waals surface area (Å²) in [4.78, 5) is 11.5. The number of aromatic nitrogens is 2. The third-order valence-electron chi connectivity index (χ3n) is 2.36. The molecule has 9 heteroatoms. The molecule has 2 N–H and O–H groups in total. The summed E-state index contributed by atoms with van der Waals surface area (Å²) in [6, 6.07) is 3.72. The summed E-state index contributed by atoms with van der Waals surface area (Å²) in [6.45, 7) is 1.59. The normalized spacial score (nSPS) is 10.5. The standard InChI is InChI=1S/C12H16N4O3S2/c1-18-6-4-13-10(17)8-20-12-16-15-11(21-12)14-7-9-3-2-5-19-9/h2-3,5H,4,6-8H2,1H3,(H,13,17)(H,14,15). The van der Waals surface area contributed by atoms with E-state index >= 15 is 0 Å². The molecule has 0 bridgehead atoms. The molecule has 0 saturated carbocycles. The monoisotopic (exact) mass is 328 g/mol. The fourth-order valence-electron chi connectivity index (χ4n) is 1.39. The number of furan rings is 1. The van der Waals surface area contributed by atoms with E-state index in [1.165, 1.54) is 23.1 Å². The molecule has 0 saturated heterocycles. The van der Waals surface area contributed by atoms with Crippen LogP contribution in [0.3, 0.4) is 0 Å². The Morgan fingerprint density at radius 3 is 3.19 bits per heavy atom. The van der Waals surface area contributed by atoms with Crippen molar-refractivity contribution in [2.45, 2.75) is 10.9 Å². The number of hydrogen-bond donors (Lipinski definition) is 2. The number of hydrogen-bond acceptors (Lipinski definition) is 8. The summed E-state index contributed by atoms with van der Waals surface area (Å²) in [6.07, 6.45) is 1.63. The van der Waals surface area contributed by atoms with E-state index in [0.29, 0.717) is 30.6 Å². The lowest BCUT2D eigenvalue weighted by Gasteiger charge is -2.02. The van der Waals surface area contributed by atoms with Gasteiger partial charge in [-0.15, -0.1) is 10.2 Å². The van der Waals surface area contributed by atoms with Gasteiger partial charge < -0.3 is 19.8 Å². The van der Waals surface area contributed by atoms with Gasteiger partial charge in [-0.2, -0.15) is 0 Å². The van der Waals surface area contributed by atoms with Crippen LogP contribution >= 0.6 is 23.1 Å². The number of nitrogens with one attached hydrogen (secondary N) is 2. The lowest BCUT2D eigenvalue weighted by atomic mass is 10.4. The van der Waals surface area contributed by atoms with Crippen molar-refractivity contribution in [2.75, 3.05) is 31.3 Å². The van der Waals surface area contributed by atoms with Crippen LogP contribution in [0.4, 0.5) is 5.13 Å². The van der Waals surface area contributed by atoms with Crippen LogP contribution in [0.5, 0.6) is 0 Å². The van der Waals surface area contributed by atoms with Crippen molar-refractivity contribution in [1.82, 2.24) is 15.5 Å². The maximum Gasteiger partial charge on any atom is 0.230 e. The maximum atomic E-state index is 11.5. The molecular weight excluding hydrogens is 312 g/mol. The van der Waals surface area contributed by atoms with Crippen LogP contribution < -0.4 is 10.6 Å². The number of nitrogens with zero attached hydrogens (tertiary/aromatic N) is 2. The summed E-state index contributed by atoms with van der Waals surface area (Å²) in [5.74, 6) is 1.10. The second-order valence-electron chi connectivity index (χ2n) is 3.94. The fourth-order valence-corrected chi connectivity index (χ4v) is 2.96. The van der Waals surface area contributed by atoms with Gasteiger partial charge in [-0.05, 0) is 12.1 Å². The highest BCUT2D eigenvalue weighted by atomic mass is 32.2. The average molecular weight is 328 g/mol. The van der Waals surface area contributed by atoms with Crippen molar-refractivity contribution in [3.63, 3.8) is 0 Å². The molecule has 7 nitrogen and oxygen atoms in total. The summed E-state index contributed by atoms with van der Waals surface area (Å²) in [7, 11) is 1.60. The molecule has 0 spiro atoms. The van der Waals surface area contributed by atoms with Gasteiger partial charge in [0.25, 0.3) is 0 Å². The van der Waals surface area contributed by atoms with E-state index < -0.39 is 0 Å². The predicted molar refractivity (Wildman–Crippen MR) is 81.6 cm³/mol. The van der Waals surface area contributed by atoms with E-state index in [4.69, 9.17) is 9.15 Å². The summed E-state index contributed by atoms with van der Waals surface area (Å²) in [5.41, 5.74) is 0. The average Bonchev–Trinajstić information content (AvgIpc) is 3.15. The molecule has 2 aromatic heterocycles. The quantitative estimate of drug-likeness (QED) is 0.534. The highest BCUT2D eigenvalue weighted by Gasteiger charge is 2.08. The highest BCUT2D eigenvalue weighted by molar-refractivity contribution is 8.01. The zero-order valence-corrected chi connectivity index (χ0v) is 13.1. The molecule has 21 heavy (non-hydrogen) atoms. The number of ether oxygens (including phenoxy) is 1. The molecule has 2 rings (SSSR count). The van der Waals surface area contributed by atoms with Crippen molar-refractivity contribution in [1.29, 1.82) is 0 Å². The Labute approximate surface area is 130 Å². The largest absolute Gasteiger partial charge is 0.467 e. The maximum absolute atomic E-state index is 11.5. The predicted octanol–water partition coefficient (Wildman–Crippen LogP) is 1.60. The molecule has 0 aliphatic rings. The number of thioether (sulfide) groups is 1. The van der Waals surface area contributed by atoms with Crippen LogP contribution in [0.2, 0.25) is 0 Å². The Kier molecular flexibility index (Phi) is 6.51. The van der Waals surface area contributed by atoms with Crippen molar-refractivity contribution in [3.8, 4) is 0 Å². The Morgan fingerprint density at radius 1 is 1.52 bits per heavy atom. The minimum Gasteiger partial charge on any atom is -0.467 e. The molecule has 0 fully saturated rings. The fraction of sp³-hybridized carbons (Fsp3) is 0.417. The van der Waals surface area contributed by atoms with Gasteiger partial charge in [0.15, 0.2) is 4.34 Å². The molecule has 0 aromatic carbocycles. The van der Waals surface area contributed by atoms with Gasteiger partial charge in [-0.25, -0.2) is 0 Å². The van der Waals surface area contributed by atoms with E-state index in [9.17, 15) is 4.79 Å². The number of methoxy groups -OCH3 is 1. The molecule has 1 amide bonds. The number of rotatable bonds is 9. The first-order valence-corrected chi connectivity index (χ1v) is 8.06. The van der Waals surface area contributed by atoms with Gasteiger partial charge in [0, 0.05) is 13.7 Å². The van der Waals surface area contributed by atoms with Crippen LogP contribution in [0.25, 0.3) is 0 Å². The van der Waals surface area contributed by atoms with Crippen molar-refractivity contribution < 1.29 is 13.9 Å². The smallest absolute Gasteiger partial charge is 0.230 e. The van der Waals surface area contributed by atoms with Crippen molar-refractivity contribution in [3.05, 3.63) is 24.2 Å². The molecular formula is C12H16N4O3S2. The molecule has 2 heterocycles. The summed E-state index contributed by atoms with van der Waals surface area (Å²) < 4.78 is 10.8. The number of carbonyl (C=O) groups excluding carboxylic acids is 1. The molecule has 0 unspecified atom stereocenters. The van der Waals surface area contributed by atoms with Crippen molar-refractivity contribution in [2.24, 2.45) is 0 Å². The van der Waals surface area contributed by atoms with Crippen molar-refractivity contribution >= 4 is 34.1 Å². The van der Waals surface area contributed by atoms with E-state index in [0.717, 1.165) is 10.1 Å². The Bertz CT molecular complexity index is 544. The van der Waals surface area contributed by atoms with Crippen LogP contribution in [0.1, 0.15) is 5.76 Å². The van der Waals surface area contributed by atoms with Gasteiger partial charge >= 0.3 is 0 Å². The van der Waals surface area contributed by atoms with E-state index in [-0.39, 0.29) is 5.91 Å². The highest BCUT2D eigenvalue weighted by Crippen LogP contribution is 2.25. The van der Waals surface area contributed by atoms with E-state index in [2.05, 4.69) is 20.8 Å². The lowest BCUT2D eigenvalue weighted by molar-refractivity contribution is -0.118. The second kappa shape index (κ2) is 8.65. The summed E-state index contributed by atoms with van der Waals surface area (Å²) >= 11 is 2.77. The van der Waals surface area contributed by atoms with Crippen LogP contribution in [0.15, 0.2) is 27.2 Å². The molecule has 0 aliphatic heterocycles.